The number of amides is 1. The Morgan fingerprint density at radius 2 is 2.37 bits per heavy atom. The average molecular weight is 259 g/mol. The van der Waals surface area contributed by atoms with Crippen LogP contribution in [0.15, 0.2) is 24.3 Å². The highest BCUT2D eigenvalue weighted by Crippen LogP contribution is 2.21. The maximum absolute atomic E-state index is 12.0. The number of benzene rings is 1. The lowest BCUT2D eigenvalue weighted by molar-refractivity contribution is -0.122. The summed E-state index contributed by atoms with van der Waals surface area (Å²) in [5, 5.41) is 21.2. The number of anilines is 1. The fourth-order valence-corrected chi connectivity index (χ4v) is 2.28. The third kappa shape index (κ3) is 2.85. The molecule has 2 N–H and O–H groups in total. The van der Waals surface area contributed by atoms with Gasteiger partial charge in [0.2, 0.25) is 5.91 Å². The smallest absolute Gasteiger partial charge is 0.245 e. The van der Waals surface area contributed by atoms with Crippen LogP contribution in [-0.2, 0) is 4.79 Å². The molecule has 2 rings (SSSR count). The predicted molar refractivity (Wildman–Crippen MR) is 71.6 cm³/mol. The van der Waals surface area contributed by atoms with E-state index in [2.05, 4.69) is 11.4 Å². The largest absolute Gasteiger partial charge is 0.394 e. The maximum Gasteiger partial charge on any atom is 0.245 e. The van der Waals surface area contributed by atoms with Gasteiger partial charge in [0, 0.05) is 18.8 Å². The third-order valence-corrected chi connectivity index (χ3v) is 3.29. The molecule has 0 aromatic heterocycles. The molecular formula is C14H17N3O2. The van der Waals surface area contributed by atoms with Gasteiger partial charge in [-0.3, -0.25) is 4.79 Å². The van der Waals surface area contributed by atoms with Crippen molar-refractivity contribution in [2.75, 3.05) is 24.6 Å². The summed E-state index contributed by atoms with van der Waals surface area (Å²) in [7, 11) is 0. The van der Waals surface area contributed by atoms with E-state index >= 15 is 0 Å². The van der Waals surface area contributed by atoms with Gasteiger partial charge in [-0.15, -0.1) is 0 Å². The van der Waals surface area contributed by atoms with Crippen LogP contribution in [0.3, 0.4) is 0 Å². The molecular weight excluding hydrogens is 242 g/mol. The van der Waals surface area contributed by atoms with E-state index in [1.54, 1.807) is 18.2 Å². The number of aliphatic hydroxyl groups is 1. The summed E-state index contributed by atoms with van der Waals surface area (Å²) in [5.74, 6) is 0.112. The quantitative estimate of drug-likeness (QED) is 0.810. The molecule has 1 aromatic rings. The normalized spacial score (nSPS) is 23.4. The molecule has 1 aromatic carbocycles. The van der Waals surface area contributed by atoms with Crippen molar-refractivity contribution in [1.29, 1.82) is 5.26 Å². The van der Waals surface area contributed by atoms with Crippen molar-refractivity contribution >= 4 is 11.6 Å². The number of aliphatic hydroxyl groups excluding tert-OH is 1. The van der Waals surface area contributed by atoms with Crippen LogP contribution in [0, 0.1) is 17.2 Å². The molecule has 0 spiro atoms. The Labute approximate surface area is 112 Å². The van der Waals surface area contributed by atoms with E-state index in [0.717, 1.165) is 5.69 Å². The Morgan fingerprint density at radius 3 is 3.05 bits per heavy atom. The number of hydrogen-bond acceptors (Lipinski definition) is 4. The van der Waals surface area contributed by atoms with Gasteiger partial charge in [-0.2, -0.15) is 5.26 Å². The van der Waals surface area contributed by atoms with Crippen molar-refractivity contribution in [2.24, 2.45) is 5.92 Å². The van der Waals surface area contributed by atoms with E-state index in [4.69, 9.17) is 5.26 Å². The molecule has 1 heterocycles. The second-order valence-corrected chi connectivity index (χ2v) is 4.86. The fraction of sp³-hybridized carbons (Fsp3) is 0.429. The summed E-state index contributed by atoms with van der Waals surface area (Å²) < 4.78 is 0. The molecule has 19 heavy (non-hydrogen) atoms. The number of hydrogen-bond donors (Lipinski definition) is 2. The highest BCUT2D eigenvalue weighted by atomic mass is 16.3. The monoisotopic (exact) mass is 259 g/mol. The Morgan fingerprint density at radius 1 is 1.58 bits per heavy atom. The van der Waals surface area contributed by atoms with Gasteiger partial charge in [0.25, 0.3) is 0 Å². The second kappa shape index (κ2) is 5.72. The minimum Gasteiger partial charge on any atom is -0.394 e. The first-order chi connectivity index (χ1) is 9.15. The number of nitrogens with one attached hydrogen (secondary N) is 1. The summed E-state index contributed by atoms with van der Waals surface area (Å²) in [6.45, 7) is 3.07. The van der Waals surface area contributed by atoms with Crippen LogP contribution >= 0.6 is 0 Å². The van der Waals surface area contributed by atoms with Gasteiger partial charge in [0.15, 0.2) is 0 Å². The number of rotatable bonds is 2. The topological polar surface area (TPSA) is 76.4 Å². The highest BCUT2D eigenvalue weighted by Gasteiger charge is 2.30. The summed E-state index contributed by atoms with van der Waals surface area (Å²) >= 11 is 0. The van der Waals surface area contributed by atoms with Gasteiger partial charge < -0.3 is 15.3 Å². The summed E-state index contributed by atoms with van der Waals surface area (Å²) in [6, 6.07) is 8.60. The minimum absolute atomic E-state index is 0.172. The van der Waals surface area contributed by atoms with Gasteiger partial charge in [0.1, 0.15) is 6.04 Å². The first-order valence-corrected chi connectivity index (χ1v) is 6.31. The van der Waals surface area contributed by atoms with Crippen molar-refractivity contribution in [2.45, 2.75) is 13.0 Å². The number of nitriles is 1. The Balaban J connectivity index is 2.37. The zero-order valence-electron chi connectivity index (χ0n) is 10.8. The van der Waals surface area contributed by atoms with Crippen molar-refractivity contribution in [3.63, 3.8) is 0 Å². The van der Waals surface area contributed by atoms with Crippen LogP contribution in [-0.4, -0.2) is 36.8 Å². The van der Waals surface area contributed by atoms with Crippen LogP contribution < -0.4 is 10.2 Å². The van der Waals surface area contributed by atoms with Crippen LogP contribution in [0.1, 0.15) is 12.5 Å². The van der Waals surface area contributed by atoms with Gasteiger partial charge >= 0.3 is 0 Å². The zero-order chi connectivity index (χ0) is 13.8. The maximum atomic E-state index is 12.0. The van der Waals surface area contributed by atoms with Crippen LogP contribution in [0.2, 0.25) is 0 Å². The SMILES string of the molecule is CC1CNC(=O)C(CO)N(c2cccc(C#N)c2)C1. The standard InChI is InChI=1S/C14H17N3O2/c1-10-7-16-14(19)13(9-18)17(8-10)12-4-2-3-11(5-12)6-15/h2-5,10,13,18H,7-9H2,1H3,(H,16,19). The van der Waals surface area contributed by atoms with Crippen molar-refractivity contribution < 1.29 is 9.90 Å². The zero-order valence-corrected chi connectivity index (χ0v) is 10.8. The summed E-state index contributed by atoms with van der Waals surface area (Å²) in [4.78, 5) is 13.8. The van der Waals surface area contributed by atoms with Crippen LogP contribution in [0.5, 0.6) is 0 Å². The van der Waals surface area contributed by atoms with Gasteiger partial charge in [-0.1, -0.05) is 13.0 Å². The van der Waals surface area contributed by atoms with E-state index in [-0.39, 0.29) is 18.4 Å². The third-order valence-electron chi connectivity index (χ3n) is 3.29. The Hall–Kier alpha value is -2.06. The molecule has 5 heteroatoms. The predicted octanol–water partition coefficient (Wildman–Crippen LogP) is 0.491. The van der Waals surface area contributed by atoms with Crippen molar-refractivity contribution in [3.05, 3.63) is 29.8 Å². The lowest BCUT2D eigenvalue weighted by atomic mass is 10.1. The van der Waals surface area contributed by atoms with Gasteiger partial charge in [-0.25, -0.2) is 0 Å². The van der Waals surface area contributed by atoms with E-state index < -0.39 is 6.04 Å². The Kier molecular flexibility index (Phi) is 4.03. The first-order valence-electron chi connectivity index (χ1n) is 6.31. The molecule has 0 saturated carbocycles. The van der Waals surface area contributed by atoms with Crippen molar-refractivity contribution in [3.8, 4) is 6.07 Å². The Bertz CT molecular complexity index is 510. The van der Waals surface area contributed by atoms with Crippen LogP contribution in [0.4, 0.5) is 5.69 Å². The molecule has 100 valence electrons. The molecule has 2 atom stereocenters. The average Bonchev–Trinajstić information content (AvgIpc) is 2.58. The molecule has 5 nitrogen and oxygen atoms in total. The van der Waals surface area contributed by atoms with Gasteiger partial charge in [-0.05, 0) is 24.1 Å². The molecule has 1 aliphatic rings. The molecule has 0 bridgehead atoms. The van der Waals surface area contributed by atoms with Gasteiger partial charge in [0.05, 0.1) is 18.2 Å². The van der Waals surface area contributed by atoms with Crippen LogP contribution in [0.25, 0.3) is 0 Å². The molecule has 1 aliphatic heterocycles. The van der Waals surface area contributed by atoms with E-state index in [1.165, 1.54) is 0 Å². The lowest BCUT2D eigenvalue weighted by Gasteiger charge is -2.30. The first kappa shape index (κ1) is 13.4. The van der Waals surface area contributed by atoms with Crippen molar-refractivity contribution in [1.82, 2.24) is 5.32 Å². The minimum atomic E-state index is -0.598. The molecule has 1 fully saturated rings. The summed E-state index contributed by atoms with van der Waals surface area (Å²) in [5.41, 5.74) is 1.34. The fourth-order valence-electron chi connectivity index (χ4n) is 2.28. The molecule has 0 radical (unpaired) electrons. The number of carbonyl (C=O) groups excluding carboxylic acids is 1. The molecule has 1 amide bonds. The van der Waals surface area contributed by atoms with E-state index in [1.807, 2.05) is 17.9 Å². The lowest BCUT2D eigenvalue weighted by Crippen LogP contribution is -2.47. The highest BCUT2D eigenvalue weighted by molar-refractivity contribution is 5.86. The second-order valence-electron chi connectivity index (χ2n) is 4.86. The summed E-state index contributed by atoms with van der Waals surface area (Å²) in [6.07, 6.45) is 0. The number of carbonyl (C=O) groups is 1. The molecule has 2 unspecified atom stereocenters. The molecule has 1 saturated heterocycles. The van der Waals surface area contributed by atoms with E-state index in [0.29, 0.717) is 18.7 Å². The molecule has 0 aliphatic carbocycles. The number of nitrogens with zero attached hydrogens (tertiary/aromatic N) is 2. The van der Waals surface area contributed by atoms with E-state index in [9.17, 15) is 9.90 Å².